The Balaban J connectivity index is 1.90. The van der Waals surface area contributed by atoms with Crippen LogP contribution in [0.1, 0.15) is 37.6 Å². The second-order valence-corrected chi connectivity index (χ2v) is 5.40. The van der Waals surface area contributed by atoms with E-state index in [0.29, 0.717) is 17.2 Å². The van der Waals surface area contributed by atoms with Crippen molar-refractivity contribution in [1.29, 1.82) is 0 Å². The third-order valence-corrected chi connectivity index (χ3v) is 3.94. The van der Waals surface area contributed by atoms with Crippen LogP contribution in [0.15, 0.2) is 0 Å². The number of hydrogen-bond donors (Lipinski definition) is 0. The Morgan fingerprint density at radius 1 is 1.47 bits per heavy atom. The first-order chi connectivity index (χ1) is 7.28. The maximum atomic E-state index is 5.79. The lowest BCUT2D eigenvalue weighted by Gasteiger charge is -2.25. The SMILES string of the molecule is CC1CCCC(Oc2nnc(CCl)s2)C1. The summed E-state index contributed by atoms with van der Waals surface area (Å²) >= 11 is 7.11. The highest BCUT2D eigenvalue weighted by Gasteiger charge is 2.21. The predicted octanol–water partition coefficient (Wildman–Crippen LogP) is 3.23. The van der Waals surface area contributed by atoms with Gasteiger partial charge in [-0.15, -0.1) is 21.8 Å². The lowest BCUT2D eigenvalue weighted by atomic mass is 9.89. The molecule has 1 fully saturated rings. The molecule has 2 rings (SSSR count). The summed E-state index contributed by atoms with van der Waals surface area (Å²) < 4.78 is 5.79. The van der Waals surface area contributed by atoms with Gasteiger partial charge >= 0.3 is 0 Å². The van der Waals surface area contributed by atoms with Gasteiger partial charge in [0.2, 0.25) is 0 Å². The first-order valence-corrected chi connectivity index (χ1v) is 6.68. The minimum atomic E-state index is 0.324. The van der Waals surface area contributed by atoms with Crippen LogP contribution in [-0.2, 0) is 5.88 Å². The highest BCUT2D eigenvalue weighted by molar-refractivity contribution is 7.13. The zero-order chi connectivity index (χ0) is 10.7. The molecule has 2 atom stereocenters. The average Bonchev–Trinajstić information content (AvgIpc) is 2.65. The fourth-order valence-corrected chi connectivity index (χ4v) is 2.79. The molecule has 3 nitrogen and oxygen atoms in total. The molecule has 0 radical (unpaired) electrons. The molecular formula is C10H15ClN2OS. The van der Waals surface area contributed by atoms with E-state index >= 15 is 0 Å². The molecule has 1 saturated carbocycles. The number of ether oxygens (including phenoxy) is 1. The number of hydrogen-bond acceptors (Lipinski definition) is 4. The zero-order valence-electron chi connectivity index (χ0n) is 8.78. The first-order valence-electron chi connectivity index (χ1n) is 5.33. The van der Waals surface area contributed by atoms with Gasteiger partial charge in [0.25, 0.3) is 5.19 Å². The lowest BCUT2D eigenvalue weighted by molar-refractivity contribution is 0.128. The molecular weight excluding hydrogens is 232 g/mol. The molecule has 1 heterocycles. The fraction of sp³-hybridized carbons (Fsp3) is 0.800. The van der Waals surface area contributed by atoms with Crippen LogP contribution in [0.4, 0.5) is 0 Å². The van der Waals surface area contributed by atoms with Crippen LogP contribution in [0.3, 0.4) is 0 Å². The summed E-state index contributed by atoms with van der Waals surface area (Å²) in [5, 5.41) is 9.40. The summed E-state index contributed by atoms with van der Waals surface area (Å²) in [4.78, 5) is 0. The zero-order valence-corrected chi connectivity index (χ0v) is 10.4. The Labute approximate surface area is 98.8 Å². The van der Waals surface area contributed by atoms with Gasteiger partial charge < -0.3 is 4.74 Å². The fourth-order valence-electron chi connectivity index (χ4n) is 1.97. The van der Waals surface area contributed by atoms with Gasteiger partial charge in [0.1, 0.15) is 11.1 Å². The van der Waals surface area contributed by atoms with Crippen molar-refractivity contribution in [2.45, 2.75) is 44.6 Å². The van der Waals surface area contributed by atoms with Crippen LogP contribution >= 0.6 is 22.9 Å². The summed E-state index contributed by atoms with van der Waals surface area (Å²) in [7, 11) is 0. The van der Waals surface area contributed by atoms with Crippen LogP contribution in [-0.4, -0.2) is 16.3 Å². The molecule has 1 aliphatic carbocycles. The van der Waals surface area contributed by atoms with Crippen molar-refractivity contribution in [2.24, 2.45) is 5.92 Å². The lowest BCUT2D eigenvalue weighted by Crippen LogP contribution is -2.23. The average molecular weight is 247 g/mol. The molecule has 0 saturated heterocycles. The Morgan fingerprint density at radius 2 is 2.33 bits per heavy atom. The van der Waals surface area contributed by atoms with Gasteiger partial charge in [-0.1, -0.05) is 24.7 Å². The summed E-state index contributed by atoms with van der Waals surface area (Å²) in [5.41, 5.74) is 0. The number of halogens is 1. The first kappa shape index (κ1) is 11.1. The van der Waals surface area contributed by atoms with Gasteiger partial charge in [-0.2, -0.15) is 0 Å². The largest absolute Gasteiger partial charge is 0.466 e. The Kier molecular flexibility index (Phi) is 3.81. The standard InChI is InChI=1S/C10H15ClN2OS/c1-7-3-2-4-8(5-7)14-10-13-12-9(6-11)15-10/h7-8H,2-6H2,1H3. The van der Waals surface area contributed by atoms with Crippen LogP contribution in [0.5, 0.6) is 5.19 Å². The number of aromatic nitrogens is 2. The van der Waals surface area contributed by atoms with E-state index in [1.807, 2.05) is 0 Å². The molecule has 0 bridgehead atoms. The molecule has 2 unspecified atom stereocenters. The smallest absolute Gasteiger partial charge is 0.294 e. The third-order valence-electron chi connectivity index (χ3n) is 2.72. The predicted molar refractivity (Wildman–Crippen MR) is 61.5 cm³/mol. The van der Waals surface area contributed by atoms with Gasteiger partial charge in [-0.3, -0.25) is 0 Å². The summed E-state index contributed by atoms with van der Waals surface area (Å²) in [5.74, 6) is 1.19. The second-order valence-electron chi connectivity index (χ2n) is 4.11. The van der Waals surface area contributed by atoms with Crippen molar-refractivity contribution >= 4 is 22.9 Å². The van der Waals surface area contributed by atoms with Crippen LogP contribution in [0.25, 0.3) is 0 Å². The third kappa shape index (κ3) is 3.05. The molecule has 0 amide bonds. The molecule has 1 aromatic rings. The molecule has 0 spiro atoms. The summed E-state index contributed by atoms with van der Waals surface area (Å²) in [6.45, 7) is 2.28. The monoisotopic (exact) mass is 246 g/mol. The van der Waals surface area contributed by atoms with Gasteiger partial charge in [0.05, 0.1) is 5.88 Å². The van der Waals surface area contributed by atoms with Crippen molar-refractivity contribution < 1.29 is 4.74 Å². The second kappa shape index (κ2) is 5.12. The minimum absolute atomic E-state index is 0.324. The number of rotatable bonds is 3. The van der Waals surface area contributed by atoms with Crippen molar-refractivity contribution in [1.82, 2.24) is 10.2 Å². The van der Waals surface area contributed by atoms with Gasteiger partial charge in [0.15, 0.2) is 0 Å². The number of alkyl halides is 1. The topological polar surface area (TPSA) is 35.0 Å². The molecule has 0 N–H and O–H groups in total. The molecule has 0 aromatic carbocycles. The van der Waals surface area contributed by atoms with Crippen molar-refractivity contribution in [3.05, 3.63) is 5.01 Å². The van der Waals surface area contributed by atoms with E-state index in [1.54, 1.807) is 0 Å². The molecule has 84 valence electrons. The molecule has 5 heteroatoms. The Hall–Kier alpha value is -0.350. The maximum Gasteiger partial charge on any atom is 0.294 e. The Morgan fingerprint density at radius 3 is 3.00 bits per heavy atom. The minimum Gasteiger partial charge on any atom is -0.466 e. The van der Waals surface area contributed by atoms with E-state index in [0.717, 1.165) is 23.8 Å². The Bertz CT molecular complexity index is 318. The van der Waals surface area contributed by atoms with Gasteiger partial charge in [-0.25, -0.2) is 0 Å². The summed E-state index contributed by atoms with van der Waals surface area (Å²) in [6.07, 6.45) is 5.18. The number of nitrogens with zero attached hydrogens (tertiary/aromatic N) is 2. The van der Waals surface area contributed by atoms with E-state index in [1.165, 1.54) is 24.2 Å². The molecule has 1 aromatic heterocycles. The highest BCUT2D eigenvalue weighted by atomic mass is 35.5. The molecule has 15 heavy (non-hydrogen) atoms. The highest BCUT2D eigenvalue weighted by Crippen LogP contribution is 2.28. The van der Waals surface area contributed by atoms with Gasteiger partial charge in [0, 0.05) is 0 Å². The summed E-state index contributed by atoms with van der Waals surface area (Å²) in [6, 6.07) is 0. The van der Waals surface area contributed by atoms with Crippen molar-refractivity contribution in [2.75, 3.05) is 0 Å². The van der Waals surface area contributed by atoms with Crippen LogP contribution < -0.4 is 4.74 Å². The van der Waals surface area contributed by atoms with Gasteiger partial charge in [-0.05, 0) is 25.2 Å². The van der Waals surface area contributed by atoms with E-state index in [-0.39, 0.29) is 0 Å². The van der Waals surface area contributed by atoms with E-state index in [2.05, 4.69) is 17.1 Å². The molecule has 1 aliphatic rings. The van der Waals surface area contributed by atoms with E-state index in [4.69, 9.17) is 16.3 Å². The molecule has 0 aliphatic heterocycles. The van der Waals surface area contributed by atoms with Crippen molar-refractivity contribution in [3.63, 3.8) is 0 Å². The quantitative estimate of drug-likeness (QED) is 0.768. The van der Waals surface area contributed by atoms with Crippen LogP contribution in [0, 0.1) is 5.92 Å². The van der Waals surface area contributed by atoms with Crippen LogP contribution in [0.2, 0.25) is 0 Å². The maximum absolute atomic E-state index is 5.79. The van der Waals surface area contributed by atoms with E-state index in [9.17, 15) is 0 Å². The normalized spacial score (nSPS) is 26.5. The van der Waals surface area contributed by atoms with E-state index < -0.39 is 0 Å². The van der Waals surface area contributed by atoms with Crippen molar-refractivity contribution in [3.8, 4) is 5.19 Å².